The highest BCUT2D eigenvalue weighted by Gasteiger charge is 2.19. The van der Waals surface area contributed by atoms with Crippen molar-refractivity contribution in [1.82, 2.24) is 4.98 Å². The van der Waals surface area contributed by atoms with Gasteiger partial charge in [-0.1, -0.05) is 23.7 Å². The van der Waals surface area contributed by atoms with Gasteiger partial charge in [0.15, 0.2) is 5.69 Å². The Balaban J connectivity index is 2.25. The van der Waals surface area contributed by atoms with Crippen molar-refractivity contribution in [2.75, 3.05) is 13.2 Å². The molecule has 0 saturated heterocycles. The molecule has 3 aromatic rings. The first-order valence-electron chi connectivity index (χ1n) is 8.43. The molecule has 0 aliphatic carbocycles. The van der Waals surface area contributed by atoms with Crippen LogP contribution in [0.25, 0.3) is 21.9 Å². The smallest absolute Gasteiger partial charge is 0.387 e. The van der Waals surface area contributed by atoms with Gasteiger partial charge in [-0.2, -0.15) is 14.0 Å². The average Bonchev–Trinajstić information content (AvgIpc) is 2.70. The molecule has 2 N–H and O–H groups in total. The highest BCUT2D eigenvalue weighted by molar-refractivity contribution is 6.31. The van der Waals surface area contributed by atoms with E-state index < -0.39 is 19.3 Å². The predicted molar refractivity (Wildman–Crippen MR) is 102 cm³/mol. The quantitative estimate of drug-likeness (QED) is 0.604. The number of aromatic nitrogens is 1. The average molecular weight is 421 g/mol. The number of halogens is 3. The molecule has 0 bridgehead atoms. The summed E-state index contributed by atoms with van der Waals surface area (Å²) in [6.45, 7) is -3.81. The van der Waals surface area contributed by atoms with Gasteiger partial charge in [0.05, 0.1) is 6.61 Å². The second-order valence-corrected chi connectivity index (χ2v) is 6.43. The third-order valence-corrected chi connectivity index (χ3v) is 4.24. The number of benzene rings is 2. The summed E-state index contributed by atoms with van der Waals surface area (Å²) >= 11 is 6.07. The Labute approximate surface area is 169 Å². The zero-order valence-corrected chi connectivity index (χ0v) is 15.6. The second kappa shape index (κ2) is 9.01. The van der Waals surface area contributed by atoms with Crippen molar-refractivity contribution in [3.63, 3.8) is 0 Å². The Morgan fingerprint density at radius 2 is 1.97 bits per heavy atom. The van der Waals surface area contributed by atoms with Crippen LogP contribution in [0, 0.1) is 11.3 Å². The van der Waals surface area contributed by atoms with Crippen molar-refractivity contribution in [3.8, 4) is 28.8 Å². The first kappa shape index (κ1) is 20.7. The van der Waals surface area contributed by atoms with Crippen LogP contribution >= 0.6 is 11.6 Å². The Bertz CT molecular complexity index is 1070. The molecule has 2 aromatic carbocycles. The van der Waals surface area contributed by atoms with Crippen molar-refractivity contribution in [3.05, 3.63) is 53.2 Å². The third kappa shape index (κ3) is 4.71. The van der Waals surface area contributed by atoms with Crippen LogP contribution in [0.1, 0.15) is 5.69 Å². The summed E-state index contributed by atoms with van der Waals surface area (Å²) in [5.41, 5.74) is 0.907. The number of alkyl halides is 2. The number of hydrogen-bond acceptors (Lipinski definition) is 6. The summed E-state index contributed by atoms with van der Waals surface area (Å²) in [5.74, 6) is -0.0920. The summed E-state index contributed by atoms with van der Waals surface area (Å²) < 4.78 is 35.3. The van der Waals surface area contributed by atoms with E-state index in [4.69, 9.17) is 21.4 Å². The van der Waals surface area contributed by atoms with E-state index in [1.165, 1.54) is 18.2 Å². The molecular formula is C20H15ClF2N2O4. The number of hydrogen-bond donors (Lipinski definition) is 2. The largest absolute Gasteiger partial charge is 0.474 e. The molecule has 29 heavy (non-hydrogen) atoms. The first-order valence-corrected chi connectivity index (χ1v) is 8.81. The molecular weight excluding hydrogens is 406 g/mol. The molecule has 3 rings (SSSR count). The number of aliphatic hydroxyl groups is 2. The number of fused-ring (bicyclic) bond motifs is 1. The number of aliphatic hydroxyl groups excluding tert-OH is 2. The molecule has 0 radical (unpaired) electrons. The zero-order valence-electron chi connectivity index (χ0n) is 14.8. The molecule has 150 valence electrons. The zero-order chi connectivity index (χ0) is 21.0. The van der Waals surface area contributed by atoms with Crippen molar-refractivity contribution < 1.29 is 28.5 Å². The first-order chi connectivity index (χ1) is 13.9. The van der Waals surface area contributed by atoms with Gasteiger partial charge in [-0.25, -0.2) is 4.98 Å². The van der Waals surface area contributed by atoms with E-state index in [0.717, 1.165) is 0 Å². The normalized spacial score (nSPS) is 12.0. The minimum absolute atomic E-state index is 0.0124. The summed E-state index contributed by atoms with van der Waals surface area (Å²) in [6.07, 6.45) is -1.15. The van der Waals surface area contributed by atoms with Gasteiger partial charge >= 0.3 is 6.61 Å². The molecule has 0 aliphatic heterocycles. The molecule has 0 amide bonds. The SMILES string of the molecule is N#Cc1nc(OC[C@@H](O)CO)c2ccc(OC(F)F)cc2c1-c1cccc(Cl)c1. The topological polar surface area (TPSA) is 95.6 Å². The van der Waals surface area contributed by atoms with E-state index in [2.05, 4.69) is 9.72 Å². The van der Waals surface area contributed by atoms with Crippen LogP contribution in [0.5, 0.6) is 11.6 Å². The molecule has 6 nitrogen and oxygen atoms in total. The number of pyridine rings is 1. The van der Waals surface area contributed by atoms with Crippen LogP contribution in [0.3, 0.4) is 0 Å². The summed E-state index contributed by atoms with van der Waals surface area (Å²) in [7, 11) is 0. The number of ether oxygens (including phenoxy) is 2. The van der Waals surface area contributed by atoms with Gasteiger partial charge in [0.2, 0.25) is 5.88 Å². The summed E-state index contributed by atoms with van der Waals surface area (Å²) in [6, 6.07) is 12.8. The van der Waals surface area contributed by atoms with Gasteiger partial charge in [0.25, 0.3) is 0 Å². The monoisotopic (exact) mass is 420 g/mol. The van der Waals surface area contributed by atoms with Gasteiger partial charge in [-0.3, -0.25) is 0 Å². The van der Waals surface area contributed by atoms with Crippen LogP contribution in [-0.2, 0) is 0 Å². The molecule has 1 heterocycles. The van der Waals surface area contributed by atoms with Crippen molar-refractivity contribution in [2.24, 2.45) is 0 Å². The number of nitrogens with zero attached hydrogens (tertiary/aromatic N) is 2. The lowest BCUT2D eigenvalue weighted by Crippen LogP contribution is -2.21. The maximum absolute atomic E-state index is 12.7. The fraction of sp³-hybridized carbons (Fsp3) is 0.200. The van der Waals surface area contributed by atoms with E-state index in [1.807, 2.05) is 6.07 Å². The fourth-order valence-corrected chi connectivity index (χ4v) is 2.98. The highest BCUT2D eigenvalue weighted by atomic mass is 35.5. The van der Waals surface area contributed by atoms with E-state index in [0.29, 0.717) is 26.9 Å². The molecule has 1 atom stereocenters. The van der Waals surface area contributed by atoms with E-state index in [9.17, 15) is 19.1 Å². The van der Waals surface area contributed by atoms with Crippen molar-refractivity contribution >= 4 is 22.4 Å². The maximum atomic E-state index is 12.7. The van der Waals surface area contributed by atoms with Crippen LogP contribution in [0.4, 0.5) is 8.78 Å². The minimum Gasteiger partial charge on any atom is -0.474 e. The minimum atomic E-state index is -3.02. The maximum Gasteiger partial charge on any atom is 0.387 e. The van der Waals surface area contributed by atoms with Gasteiger partial charge < -0.3 is 19.7 Å². The molecule has 1 aromatic heterocycles. The Kier molecular flexibility index (Phi) is 6.44. The highest BCUT2D eigenvalue weighted by Crippen LogP contribution is 2.38. The van der Waals surface area contributed by atoms with Crippen molar-refractivity contribution in [1.29, 1.82) is 5.26 Å². The molecule has 0 saturated carbocycles. The van der Waals surface area contributed by atoms with Gasteiger partial charge in [0, 0.05) is 21.4 Å². The van der Waals surface area contributed by atoms with E-state index in [1.54, 1.807) is 24.3 Å². The number of rotatable bonds is 7. The predicted octanol–water partition coefficient (Wildman–Crippen LogP) is 3.76. The van der Waals surface area contributed by atoms with E-state index >= 15 is 0 Å². The molecule has 0 aliphatic rings. The molecule has 0 fully saturated rings. The Morgan fingerprint density at radius 3 is 2.62 bits per heavy atom. The van der Waals surface area contributed by atoms with E-state index in [-0.39, 0.29) is 23.9 Å². The Morgan fingerprint density at radius 1 is 1.17 bits per heavy atom. The van der Waals surface area contributed by atoms with Crippen LogP contribution in [0.15, 0.2) is 42.5 Å². The lowest BCUT2D eigenvalue weighted by Gasteiger charge is -2.16. The van der Waals surface area contributed by atoms with Gasteiger partial charge in [-0.05, 0) is 35.9 Å². The number of nitriles is 1. The standard InChI is InChI=1S/C20H15ClF2N2O4/c21-12-3-1-2-11(6-12)18-16-7-14(29-20(22)23)4-5-15(16)19(25-17(18)8-24)28-10-13(27)9-26/h1-7,13,20,26-27H,9-10H2/t13-/m0/s1. The van der Waals surface area contributed by atoms with Gasteiger partial charge in [-0.15, -0.1) is 0 Å². The molecule has 9 heteroatoms. The molecule has 0 spiro atoms. The van der Waals surface area contributed by atoms with Crippen molar-refractivity contribution in [2.45, 2.75) is 12.7 Å². The molecule has 0 unspecified atom stereocenters. The lowest BCUT2D eigenvalue weighted by molar-refractivity contribution is -0.0497. The fourth-order valence-electron chi connectivity index (χ4n) is 2.79. The van der Waals surface area contributed by atoms with Crippen LogP contribution in [0.2, 0.25) is 5.02 Å². The second-order valence-electron chi connectivity index (χ2n) is 6.00. The van der Waals surface area contributed by atoms with Crippen LogP contribution in [-0.4, -0.2) is 41.1 Å². The van der Waals surface area contributed by atoms with Crippen LogP contribution < -0.4 is 9.47 Å². The lowest BCUT2D eigenvalue weighted by atomic mass is 9.97. The third-order valence-electron chi connectivity index (χ3n) is 4.01. The Hall–Kier alpha value is -2.99. The van der Waals surface area contributed by atoms with Gasteiger partial charge in [0.1, 0.15) is 24.5 Å². The summed E-state index contributed by atoms with van der Waals surface area (Å²) in [4.78, 5) is 4.21. The summed E-state index contributed by atoms with van der Waals surface area (Å²) in [5, 5.41) is 29.3.